The molecule has 0 radical (unpaired) electrons. The molecule has 136 valence electrons. The molecule has 2 aromatic carbocycles. The van der Waals surface area contributed by atoms with Gasteiger partial charge in [-0.3, -0.25) is 0 Å². The smallest absolute Gasteiger partial charge is 0.335 e. The molecule has 0 atom stereocenters. The standard InChI is InChI=1S/C11H14O2.C11H16O/c1-11(2,3)9-6-4-8(5-7-9)10(12)13;1-11(2,3)10-6-4-9(8-12)5-7-10/h4-7H,1-3H3,(H,12,13);4-7,12H,8H2,1-3H3. The summed E-state index contributed by atoms with van der Waals surface area (Å²) in [5.74, 6) is -0.875. The van der Waals surface area contributed by atoms with Crippen LogP contribution in [0.15, 0.2) is 48.5 Å². The van der Waals surface area contributed by atoms with Gasteiger partial charge in [-0.25, -0.2) is 4.79 Å². The van der Waals surface area contributed by atoms with E-state index in [2.05, 4.69) is 53.7 Å². The monoisotopic (exact) mass is 342 g/mol. The highest BCUT2D eigenvalue weighted by atomic mass is 16.4. The van der Waals surface area contributed by atoms with Crippen molar-refractivity contribution in [3.05, 3.63) is 70.8 Å². The van der Waals surface area contributed by atoms with Gasteiger partial charge in [-0.15, -0.1) is 0 Å². The molecule has 0 aromatic heterocycles. The lowest BCUT2D eigenvalue weighted by Crippen LogP contribution is -2.11. The second kappa shape index (κ2) is 8.30. The van der Waals surface area contributed by atoms with Crippen molar-refractivity contribution < 1.29 is 15.0 Å². The molecule has 2 rings (SSSR count). The number of rotatable bonds is 2. The Morgan fingerprint density at radius 3 is 1.40 bits per heavy atom. The maximum atomic E-state index is 10.6. The number of hydrogen-bond acceptors (Lipinski definition) is 2. The molecule has 25 heavy (non-hydrogen) atoms. The molecule has 0 unspecified atom stereocenters. The lowest BCUT2D eigenvalue weighted by Gasteiger charge is -2.18. The van der Waals surface area contributed by atoms with E-state index < -0.39 is 5.97 Å². The van der Waals surface area contributed by atoms with Crippen LogP contribution in [0.3, 0.4) is 0 Å². The number of aliphatic hydroxyl groups excluding tert-OH is 1. The maximum absolute atomic E-state index is 10.6. The highest BCUT2D eigenvalue weighted by Gasteiger charge is 2.14. The molecular weight excluding hydrogens is 312 g/mol. The first-order chi connectivity index (χ1) is 11.4. The molecule has 3 heteroatoms. The minimum atomic E-state index is -0.875. The van der Waals surface area contributed by atoms with Crippen molar-refractivity contribution in [2.24, 2.45) is 0 Å². The lowest BCUT2D eigenvalue weighted by molar-refractivity contribution is 0.0697. The Labute approximate surface area is 151 Å². The zero-order valence-electron chi connectivity index (χ0n) is 16.1. The molecule has 0 spiro atoms. The van der Waals surface area contributed by atoms with Crippen LogP contribution in [0.5, 0.6) is 0 Å². The summed E-state index contributed by atoms with van der Waals surface area (Å²) in [5.41, 5.74) is 4.05. The zero-order chi connectivity index (χ0) is 19.3. The summed E-state index contributed by atoms with van der Waals surface area (Å²) in [6.45, 7) is 13.0. The quantitative estimate of drug-likeness (QED) is 0.792. The molecule has 2 aromatic rings. The first kappa shape index (κ1) is 20.9. The van der Waals surface area contributed by atoms with Crippen molar-refractivity contribution in [2.75, 3.05) is 0 Å². The first-order valence-electron chi connectivity index (χ1n) is 8.49. The largest absolute Gasteiger partial charge is 0.478 e. The van der Waals surface area contributed by atoms with E-state index in [9.17, 15) is 4.79 Å². The summed E-state index contributed by atoms with van der Waals surface area (Å²) in [5, 5.41) is 17.5. The first-order valence-corrected chi connectivity index (χ1v) is 8.49. The van der Waals surface area contributed by atoms with E-state index >= 15 is 0 Å². The number of carboxylic acids is 1. The Morgan fingerprint density at radius 2 is 1.12 bits per heavy atom. The fraction of sp³-hybridized carbons (Fsp3) is 0.409. The van der Waals surface area contributed by atoms with Crippen LogP contribution >= 0.6 is 0 Å². The van der Waals surface area contributed by atoms with Crippen LogP contribution < -0.4 is 0 Å². The van der Waals surface area contributed by atoms with E-state index in [-0.39, 0.29) is 17.4 Å². The van der Waals surface area contributed by atoms with Gasteiger partial charge in [0, 0.05) is 0 Å². The van der Waals surface area contributed by atoms with Crippen LogP contribution in [0.25, 0.3) is 0 Å². The molecular formula is C22H30O3. The molecule has 0 heterocycles. The van der Waals surface area contributed by atoms with Crippen LogP contribution in [0, 0.1) is 0 Å². The van der Waals surface area contributed by atoms with Gasteiger partial charge < -0.3 is 10.2 Å². The molecule has 3 nitrogen and oxygen atoms in total. The highest BCUT2D eigenvalue weighted by Crippen LogP contribution is 2.22. The van der Waals surface area contributed by atoms with Crippen molar-refractivity contribution in [1.82, 2.24) is 0 Å². The SMILES string of the molecule is CC(C)(C)c1ccc(C(=O)O)cc1.CC(C)(C)c1ccc(CO)cc1. The Hall–Kier alpha value is -2.13. The fourth-order valence-corrected chi connectivity index (χ4v) is 2.22. The van der Waals surface area contributed by atoms with Gasteiger partial charge in [-0.2, -0.15) is 0 Å². The Kier molecular flexibility index (Phi) is 6.95. The minimum absolute atomic E-state index is 0.0804. The second-order valence-electron chi connectivity index (χ2n) is 8.24. The van der Waals surface area contributed by atoms with Crippen LogP contribution in [0.2, 0.25) is 0 Å². The molecule has 0 saturated heterocycles. The molecule has 2 N–H and O–H groups in total. The van der Waals surface area contributed by atoms with Crippen LogP contribution in [0.4, 0.5) is 0 Å². The van der Waals surface area contributed by atoms with E-state index in [0.717, 1.165) is 11.1 Å². The predicted octanol–water partition coefficient (Wildman–Crippen LogP) is 5.16. The van der Waals surface area contributed by atoms with Crippen molar-refractivity contribution in [3.8, 4) is 0 Å². The van der Waals surface area contributed by atoms with E-state index in [1.165, 1.54) is 5.56 Å². The molecule has 0 saturated carbocycles. The summed E-state index contributed by atoms with van der Waals surface area (Å²) >= 11 is 0. The summed E-state index contributed by atoms with van der Waals surface area (Å²) in [6, 6.07) is 15.1. The Balaban J connectivity index is 0.000000251. The van der Waals surface area contributed by atoms with Crippen molar-refractivity contribution in [2.45, 2.75) is 59.0 Å². The number of hydrogen-bond donors (Lipinski definition) is 2. The van der Waals surface area contributed by atoms with Crippen LogP contribution in [0.1, 0.15) is 68.6 Å². The molecule has 0 aliphatic rings. The van der Waals surface area contributed by atoms with Gasteiger partial charge in [0.05, 0.1) is 12.2 Å². The van der Waals surface area contributed by atoms with Gasteiger partial charge >= 0.3 is 5.97 Å². The highest BCUT2D eigenvalue weighted by molar-refractivity contribution is 5.87. The number of carboxylic acid groups (broad SMARTS) is 1. The van der Waals surface area contributed by atoms with Gasteiger partial charge in [0.25, 0.3) is 0 Å². The van der Waals surface area contributed by atoms with E-state index in [4.69, 9.17) is 10.2 Å². The van der Waals surface area contributed by atoms with Crippen LogP contribution in [-0.2, 0) is 17.4 Å². The second-order valence-corrected chi connectivity index (χ2v) is 8.24. The molecule has 0 aliphatic heterocycles. The summed E-state index contributed by atoms with van der Waals surface area (Å²) in [4.78, 5) is 10.6. The molecule has 0 bridgehead atoms. The fourth-order valence-electron chi connectivity index (χ4n) is 2.22. The number of aliphatic hydroxyl groups is 1. The van der Waals surface area contributed by atoms with Gasteiger partial charge in [0.15, 0.2) is 0 Å². The number of aromatic carboxylic acids is 1. The lowest BCUT2D eigenvalue weighted by atomic mass is 9.87. The van der Waals surface area contributed by atoms with Gasteiger partial charge in [-0.05, 0) is 39.7 Å². The van der Waals surface area contributed by atoms with Crippen molar-refractivity contribution >= 4 is 5.97 Å². The average molecular weight is 342 g/mol. The normalized spacial score (nSPS) is 11.5. The summed E-state index contributed by atoms with van der Waals surface area (Å²) < 4.78 is 0. The molecule has 0 fully saturated rings. The van der Waals surface area contributed by atoms with Gasteiger partial charge in [0.2, 0.25) is 0 Å². The maximum Gasteiger partial charge on any atom is 0.335 e. The minimum Gasteiger partial charge on any atom is -0.478 e. The number of benzene rings is 2. The van der Waals surface area contributed by atoms with E-state index in [1.54, 1.807) is 12.1 Å². The third kappa shape index (κ3) is 6.71. The summed E-state index contributed by atoms with van der Waals surface area (Å²) in [6.07, 6.45) is 0. The van der Waals surface area contributed by atoms with Crippen molar-refractivity contribution in [3.63, 3.8) is 0 Å². The topological polar surface area (TPSA) is 57.5 Å². The molecule has 0 amide bonds. The van der Waals surface area contributed by atoms with Crippen molar-refractivity contribution in [1.29, 1.82) is 0 Å². The third-order valence-electron chi connectivity index (χ3n) is 4.00. The van der Waals surface area contributed by atoms with E-state index in [1.807, 2.05) is 24.3 Å². The Bertz CT molecular complexity index is 669. The average Bonchev–Trinajstić information content (AvgIpc) is 2.54. The van der Waals surface area contributed by atoms with E-state index in [0.29, 0.717) is 5.56 Å². The summed E-state index contributed by atoms with van der Waals surface area (Å²) in [7, 11) is 0. The van der Waals surface area contributed by atoms with Crippen LogP contribution in [-0.4, -0.2) is 16.2 Å². The van der Waals surface area contributed by atoms with Gasteiger partial charge in [-0.1, -0.05) is 77.9 Å². The number of carbonyl (C=O) groups is 1. The van der Waals surface area contributed by atoms with Gasteiger partial charge in [0.1, 0.15) is 0 Å². The zero-order valence-corrected chi connectivity index (χ0v) is 16.1. The third-order valence-corrected chi connectivity index (χ3v) is 4.00. The predicted molar refractivity (Wildman–Crippen MR) is 103 cm³/mol. The Morgan fingerprint density at radius 1 is 0.760 bits per heavy atom. The molecule has 0 aliphatic carbocycles.